The number of carboxylic acids is 1. The number of amides is 1. The van der Waals surface area contributed by atoms with Crippen LogP contribution < -0.4 is 5.32 Å². The fourth-order valence-corrected chi connectivity index (χ4v) is 2.63. The number of carboxylic acid groups (broad SMARTS) is 1. The highest BCUT2D eigenvalue weighted by Gasteiger charge is 2.04. The molecule has 4 nitrogen and oxygen atoms in total. The van der Waals surface area contributed by atoms with Gasteiger partial charge in [-0.3, -0.25) is 4.79 Å². The van der Waals surface area contributed by atoms with Crippen LogP contribution in [0.2, 0.25) is 0 Å². The molecule has 122 valence electrons. The van der Waals surface area contributed by atoms with Crippen molar-refractivity contribution in [2.24, 2.45) is 0 Å². The van der Waals surface area contributed by atoms with Crippen LogP contribution in [0.1, 0.15) is 31.8 Å². The Hall–Kier alpha value is -1.16. The second-order valence-corrected chi connectivity index (χ2v) is 7.14. The van der Waals surface area contributed by atoms with E-state index in [-0.39, 0.29) is 5.91 Å². The first-order valence-electron chi connectivity index (χ1n) is 6.74. The zero-order valence-electron chi connectivity index (χ0n) is 13.0. The zero-order chi connectivity index (χ0) is 17.6. The molecule has 6 heteroatoms. The molecule has 2 rings (SSSR count). The van der Waals surface area contributed by atoms with E-state index in [1.165, 1.54) is 5.56 Å². The summed E-state index contributed by atoms with van der Waals surface area (Å²) < 4.78 is 2.11. The molecule has 0 saturated heterocycles. The third-order valence-electron chi connectivity index (χ3n) is 3.08. The molecule has 0 saturated carbocycles. The Morgan fingerprint density at radius 1 is 0.913 bits per heavy atom. The van der Waals surface area contributed by atoms with E-state index in [1.807, 2.05) is 38.1 Å². The van der Waals surface area contributed by atoms with Crippen LogP contribution >= 0.6 is 45.2 Å². The Labute approximate surface area is 163 Å². The smallest absolute Gasteiger partial charge is 0.335 e. The molecule has 2 aromatic carbocycles. The number of benzene rings is 2. The molecule has 1 amide bonds. The van der Waals surface area contributed by atoms with Gasteiger partial charge in [0, 0.05) is 19.8 Å². The van der Waals surface area contributed by atoms with E-state index in [2.05, 4.69) is 50.5 Å². The summed E-state index contributed by atoms with van der Waals surface area (Å²) in [5.41, 5.74) is 3.37. The summed E-state index contributed by atoms with van der Waals surface area (Å²) in [6.07, 6.45) is 0. The van der Waals surface area contributed by atoms with E-state index in [4.69, 9.17) is 5.11 Å². The topological polar surface area (TPSA) is 66.4 Å². The van der Waals surface area contributed by atoms with Crippen molar-refractivity contribution in [2.45, 2.75) is 13.8 Å². The lowest BCUT2D eigenvalue weighted by Crippen LogP contribution is -2.17. The minimum Gasteiger partial charge on any atom is -0.478 e. The Morgan fingerprint density at radius 3 is 1.74 bits per heavy atom. The second kappa shape index (κ2) is 9.21. The number of nitrogens with one attached hydrogen (secondary N) is 1. The molecule has 0 radical (unpaired) electrons. The number of aromatic carboxylic acids is 1. The summed E-state index contributed by atoms with van der Waals surface area (Å²) in [7, 11) is 1.63. The van der Waals surface area contributed by atoms with E-state index < -0.39 is 5.97 Å². The summed E-state index contributed by atoms with van der Waals surface area (Å²) in [5, 5.41) is 11.2. The van der Waals surface area contributed by atoms with Gasteiger partial charge >= 0.3 is 5.97 Å². The van der Waals surface area contributed by atoms with Crippen LogP contribution in [0.3, 0.4) is 0 Å². The third-order valence-corrected chi connectivity index (χ3v) is 5.40. The largest absolute Gasteiger partial charge is 0.478 e. The van der Waals surface area contributed by atoms with Crippen molar-refractivity contribution in [3.8, 4) is 0 Å². The molecule has 0 atom stereocenters. The lowest BCUT2D eigenvalue weighted by molar-refractivity contribution is 0.0696. The predicted octanol–water partition coefficient (Wildman–Crippen LogP) is 4.26. The van der Waals surface area contributed by atoms with Gasteiger partial charge in [0.1, 0.15) is 0 Å². The van der Waals surface area contributed by atoms with Gasteiger partial charge in [-0.2, -0.15) is 0 Å². The summed E-state index contributed by atoms with van der Waals surface area (Å²) in [6.45, 7) is 3.98. The molecule has 2 aromatic rings. The Kier molecular flexibility index (Phi) is 7.97. The molecule has 0 aliphatic heterocycles. The van der Waals surface area contributed by atoms with Gasteiger partial charge in [0.05, 0.1) is 5.56 Å². The van der Waals surface area contributed by atoms with Gasteiger partial charge in [-0.15, -0.1) is 0 Å². The van der Waals surface area contributed by atoms with Gasteiger partial charge in [0.15, 0.2) is 0 Å². The maximum absolute atomic E-state index is 11.2. The quantitative estimate of drug-likeness (QED) is 0.564. The minimum atomic E-state index is -0.872. The third kappa shape index (κ3) is 6.09. The predicted molar refractivity (Wildman–Crippen MR) is 108 cm³/mol. The molecule has 0 aliphatic rings. The molecule has 0 spiro atoms. The van der Waals surface area contributed by atoms with Crippen molar-refractivity contribution in [1.82, 2.24) is 5.32 Å². The molecule has 23 heavy (non-hydrogen) atoms. The molecule has 0 heterocycles. The second-order valence-electron chi connectivity index (χ2n) is 4.81. The summed E-state index contributed by atoms with van der Waals surface area (Å²) in [4.78, 5) is 21.6. The van der Waals surface area contributed by atoms with Crippen molar-refractivity contribution >= 4 is 57.1 Å². The van der Waals surface area contributed by atoms with Crippen molar-refractivity contribution < 1.29 is 14.7 Å². The van der Waals surface area contributed by atoms with E-state index in [0.29, 0.717) is 11.1 Å². The van der Waals surface area contributed by atoms with Gasteiger partial charge in [-0.25, -0.2) is 4.79 Å². The Balaban J connectivity index is 0.000000231. The van der Waals surface area contributed by atoms with Crippen LogP contribution in [0.15, 0.2) is 36.4 Å². The van der Waals surface area contributed by atoms with Crippen LogP contribution in [-0.2, 0) is 0 Å². The first-order valence-corrected chi connectivity index (χ1v) is 8.89. The lowest BCUT2D eigenvalue weighted by Gasteiger charge is -2.01. The first-order chi connectivity index (χ1) is 10.8. The Morgan fingerprint density at radius 2 is 1.35 bits per heavy atom. The van der Waals surface area contributed by atoms with Gasteiger partial charge in [0.25, 0.3) is 5.91 Å². The fraction of sp³-hybridized carbons (Fsp3) is 0.176. The van der Waals surface area contributed by atoms with Crippen molar-refractivity contribution in [3.63, 3.8) is 0 Å². The number of carbonyl (C=O) groups excluding carboxylic acids is 1. The molecule has 0 aliphatic carbocycles. The maximum Gasteiger partial charge on any atom is 0.335 e. The normalized spacial score (nSPS) is 9.61. The molecule has 0 aromatic heterocycles. The minimum absolute atomic E-state index is 0.0343. The average Bonchev–Trinajstić information content (AvgIpc) is 2.52. The van der Waals surface area contributed by atoms with Crippen LogP contribution in [-0.4, -0.2) is 24.0 Å². The average molecular weight is 537 g/mol. The van der Waals surface area contributed by atoms with E-state index in [1.54, 1.807) is 19.2 Å². The number of aryl methyl sites for hydroxylation is 2. The van der Waals surface area contributed by atoms with Crippen LogP contribution in [0, 0.1) is 21.0 Å². The summed E-state index contributed by atoms with van der Waals surface area (Å²) in [5.74, 6) is -0.907. The highest BCUT2D eigenvalue weighted by atomic mass is 127. The molecule has 0 unspecified atom stereocenters. The highest BCUT2D eigenvalue weighted by Crippen LogP contribution is 2.13. The van der Waals surface area contributed by atoms with Crippen molar-refractivity contribution in [1.29, 1.82) is 0 Å². The monoisotopic (exact) mass is 537 g/mol. The van der Waals surface area contributed by atoms with Gasteiger partial charge in [-0.05, 0) is 94.4 Å². The standard InChI is InChI=1S/C9H10INO.C8H7IO2/c1-6-3-4-7(5-8(6)10)9(12)11-2;1-5-2-3-6(8(10)11)4-7(5)9/h3-5H,1-2H3,(H,11,12);2-4H,1H3,(H,10,11). The Bertz CT molecular complexity index is 730. The molecule has 0 fully saturated rings. The zero-order valence-corrected chi connectivity index (χ0v) is 17.3. The van der Waals surface area contributed by atoms with Crippen LogP contribution in [0.4, 0.5) is 0 Å². The van der Waals surface area contributed by atoms with Gasteiger partial charge in [0.2, 0.25) is 0 Å². The number of hydrogen-bond acceptors (Lipinski definition) is 2. The fourth-order valence-electron chi connectivity index (χ4n) is 1.60. The SMILES string of the molecule is CNC(=O)c1ccc(C)c(I)c1.Cc1ccc(C(=O)O)cc1I. The van der Waals surface area contributed by atoms with E-state index in [9.17, 15) is 9.59 Å². The van der Waals surface area contributed by atoms with Crippen LogP contribution in [0.25, 0.3) is 0 Å². The first kappa shape index (κ1) is 19.9. The molecule has 2 N–H and O–H groups in total. The number of hydrogen-bond donors (Lipinski definition) is 2. The maximum atomic E-state index is 11.2. The highest BCUT2D eigenvalue weighted by molar-refractivity contribution is 14.1. The number of rotatable bonds is 2. The van der Waals surface area contributed by atoms with Gasteiger partial charge < -0.3 is 10.4 Å². The molecular weight excluding hydrogens is 520 g/mol. The summed E-state index contributed by atoms with van der Waals surface area (Å²) in [6, 6.07) is 10.8. The van der Waals surface area contributed by atoms with Gasteiger partial charge in [-0.1, -0.05) is 12.1 Å². The molecule has 0 bridgehead atoms. The number of carbonyl (C=O) groups is 2. The van der Waals surface area contributed by atoms with E-state index >= 15 is 0 Å². The molecular formula is C17H17I2NO3. The van der Waals surface area contributed by atoms with Crippen molar-refractivity contribution in [3.05, 3.63) is 65.8 Å². The van der Waals surface area contributed by atoms with E-state index in [0.717, 1.165) is 12.7 Å². The summed E-state index contributed by atoms with van der Waals surface area (Å²) >= 11 is 4.34. The van der Waals surface area contributed by atoms with Crippen LogP contribution in [0.5, 0.6) is 0 Å². The van der Waals surface area contributed by atoms with Crippen molar-refractivity contribution in [2.75, 3.05) is 7.05 Å². The lowest BCUT2D eigenvalue weighted by atomic mass is 10.1. The number of halogens is 2.